The van der Waals surface area contributed by atoms with Crippen LogP contribution >= 0.6 is 23.2 Å². The van der Waals surface area contributed by atoms with Gasteiger partial charge in [0.05, 0.1) is 15.6 Å². The van der Waals surface area contributed by atoms with Gasteiger partial charge >= 0.3 is 0 Å². The number of anilines is 1. The molecule has 0 aromatic heterocycles. The summed E-state index contributed by atoms with van der Waals surface area (Å²) >= 11 is 11.6. The Balaban J connectivity index is 1.65. The van der Waals surface area contributed by atoms with Gasteiger partial charge in [0.1, 0.15) is 11.6 Å². The number of amides is 2. The van der Waals surface area contributed by atoms with Gasteiger partial charge in [0, 0.05) is 17.8 Å². The van der Waals surface area contributed by atoms with E-state index in [1.54, 1.807) is 24.3 Å². The van der Waals surface area contributed by atoms with Crippen molar-refractivity contribution in [3.8, 4) is 0 Å². The Morgan fingerprint density at radius 2 is 1.59 bits per heavy atom. The molecule has 3 aromatic carbocycles. The van der Waals surface area contributed by atoms with Crippen LogP contribution < -0.4 is 10.6 Å². The van der Waals surface area contributed by atoms with E-state index in [0.717, 1.165) is 6.07 Å². The maximum Gasteiger partial charge on any atom is 0.255 e. The van der Waals surface area contributed by atoms with Gasteiger partial charge in [0.25, 0.3) is 11.8 Å². The summed E-state index contributed by atoms with van der Waals surface area (Å²) in [7, 11) is 0. The molecular weight excluding hydrogens is 421 g/mol. The van der Waals surface area contributed by atoms with Crippen LogP contribution in [-0.4, -0.2) is 11.8 Å². The molecule has 4 nitrogen and oxygen atoms in total. The highest BCUT2D eigenvalue weighted by atomic mass is 35.5. The van der Waals surface area contributed by atoms with Crippen molar-refractivity contribution < 1.29 is 18.4 Å². The molecule has 0 fully saturated rings. The predicted molar refractivity (Wildman–Crippen MR) is 108 cm³/mol. The van der Waals surface area contributed by atoms with Crippen LogP contribution in [0.3, 0.4) is 0 Å². The Morgan fingerprint density at radius 1 is 0.862 bits per heavy atom. The van der Waals surface area contributed by atoms with Crippen LogP contribution in [-0.2, 0) is 6.54 Å². The molecule has 0 bridgehead atoms. The summed E-state index contributed by atoms with van der Waals surface area (Å²) in [6.07, 6.45) is 0. The van der Waals surface area contributed by atoms with Gasteiger partial charge in [0.15, 0.2) is 0 Å². The third-order valence-corrected chi connectivity index (χ3v) is 4.60. The molecule has 0 aliphatic heterocycles. The average Bonchev–Trinajstić information content (AvgIpc) is 2.69. The number of rotatable bonds is 5. The first kappa shape index (κ1) is 20.8. The number of hydrogen-bond acceptors (Lipinski definition) is 2. The van der Waals surface area contributed by atoms with E-state index in [1.807, 2.05) is 0 Å². The molecule has 8 heteroatoms. The van der Waals surface area contributed by atoms with Crippen LogP contribution in [0.2, 0.25) is 10.0 Å². The van der Waals surface area contributed by atoms with Crippen molar-refractivity contribution in [2.24, 2.45) is 0 Å². The van der Waals surface area contributed by atoms with E-state index in [1.165, 1.54) is 30.3 Å². The lowest BCUT2D eigenvalue weighted by Gasteiger charge is -2.10. The first-order valence-corrected chi connectivity index (χ1v) is 9.17. The van der Waals surface area contributed by atoms with Crippen molar-refractivity contribution in [3.05, 3.63) is 99.0 Å². The molecule has 0 unspecified atom stereocenters. The lowest BCUT2D eigenvalue weighted by atomic mass is 10.1. The lowest BCUT2D eigenvalue weighted by molar-refractivity contribution is 0.0949. The second-order valence-electron chi connectivity index (χ2n) is 6.09. The topological polar surface area (TPSA) is 58.2 Å². The fraction of sp³-hybridized carbons (Fsp3) is 0.0476. The molecule has 3 rings (SSSR count). The molecule has 2 amide bonds. The third-order valence-electron chi connectivity index (χ3n) is 4.00. The zero-order valence-corrected chi connectivity index (χ0v) is 16.3. The summed E-state index contributed by atoms with van der Waals surface area (Å²) in [5.74, 6) is -2.13. The van der Waals surface area contributed by atoms with E-state index in [-0.39, 0.29) is 22.2 Å². The molecule has 0 aliphatic rings. The predicted octanol–water partition coefficient (Wildman–Crippen LogP) is 5.45. The summed E-state index contributed by atoms with van der Waals surface area (Å²) in [5.41, 5.74) is 1.47. The zero-order chi connectivity index (χ0) is 21.0. The summed E-state index contributed by atoms with van der Waals surface area (Å²) in [5, 5.41) is 5.20. The smallest absolute Gasteiger partial charge is 0.255 e. The Kier molecular flexibility index (Phi) is 6.46. The zero-order valence-electron chi connectivity index (χ0n) is 14.8. The lowest BCUT2D eigenvalue weighted by Crippen LogP contribution is -2.23. The summed E-state index contributed by atoms with van der Waals surface area (Å²) < 4.78 is 26.6. The Bertz CT molecular complexity index is 1070. The Morgan fingerprint density at radius 3 is 2.31 bits per heavy atom. The summed E-state index contributed by atoms with van der Waals surface area (Å²) in [6, 6.07) is 14.1. The highest BCUT2D eigenvalue weighted by Crippen LogP contribution is 2.24. The van der Waals surface area contributed by atoms with Gasteiger partial charge in [-0.1, -0.05) is 35.3 Å². The highest BCUT2D eigenvalue weighted by Gasteiger charge is 2.14. The second-order valence-corrected chi connectivity index (χ2v) is 6.90. The average molecular weight is 435 g/mol. The second kappa shape index (κ2) is 9.03. The highest BCUT2D eigenvalue weighted by molar-refractivity contribution is 6.36. The first-order chi connectivity index (χ1) is 13.8. The van der Waals surface area contributed by atoms with Crippen molar-refractivity contribution in [1.82, 2.24) is 5.32 Å². The van der Waals surface area contributed by atoms with Crippen LogP contribution in [0.4, 0.5) is 14.5 Å². The molecule has 0 aliphatic carbocycles. The van der Waals surface area contributed by atoms with E-state index in [2.05, 4.69) is 10.6 Å². The van der Waals surface area contributed by atoms with Crippen LogP contribution in [0, 0.1) is 11.6 Å². The van der Waals surface area contributed by atoms with Crippen LogP contribution in [0.15, 0.2) is 60.7 Å². The molecule has 0 atom stereocenters. The number of halogens is 4. The maximum absolute atomic E-state index is 13.6. The number of hydrogen-bond donors (Lipinski definition) is 2. The SMILES string of the molecule is O=C(Nc1cccc(CNC(=O)c2cc(F)c(Cl)cc2Cl)c1)c1ccc(F)cc1. The normalized spacial score (nSPS) is 10.5. The first-order valence-electron chi connectivity index (χ1n) is 8.42. The van der Waals surface area contributed by atoms with Crippen molar-refractivity contribution in [2.45, 2.75) is 6.54 Å². The van der Waals surface area contributed by atoms with Crippen molar-refractivity contribution >= 4 is 40.7 Å². The molecule has 148 valence electrons. The molecule has 0 saturated heterocycles. The standard InChI is InChI=1S/C21H14Cl2F2N2O2/c22-17-10-18(23)19(25)9-16(17)21(29)26-11-12-2-1-3-15(8-12)27-20(28)13-4-6-14(24)7-5-13/h1-10H,11H2,(H,26,29)(H,27,28). The molecule has 29 heavy (non-hydrogen) atoms. The van der Waals surface area contributed by atoms with Gasteiger partial charge in [0.2, 0.25) is 0 Å². The summed E-state index contributed by atoms with van der Waals surface area (Å²) in [6.45, 7) is 0.125. The maximum atomic E-state index is 13.6. The van der Waals surface area contributed by atoms with Crippen LogP contribution in [0.5, 0.6) is 0 Å². The van der Waals surface area contributed by atoms with Gasteiger partial charge in [-0.15, -0.1) is 0 Å². The van der Waals surface area contributed by atoms with Crippen LogP contribution in [0.25, 0.3) is 0 Å². The van der Waals surface area contributed by atoms with Crippen molar-refractivity contribution in [2.75, 3.05) is 5.32 Å². The molecule has 2 N–H and O–H groups in total. The van der Waals surface area contributed by atoms with Gasteiger partial charge in [-0.2, -0.15) is 0 Å². The molecular formula is C21H14Cl2F2N2O2. The fourth-order valence-electron chi connectivity index (χ4n) is 2.54. The van der Waals surface area contributed by atoms with E-state index in [4.69, 9.17) is 23.2 Å². The molecule has 3 aromatic rings. The molecule has 0 heterocycles. The van der Waals surface area contributed by atoms with Gasteiger partial charge in [-0.25, -0.2) is 8.78 Å². The van der Waals surface area contributed by atoms with E-state index < -0.39 is 23.4 Å². The fourth-order valence-corrected chi connectivity index (χ4v) is 3.01. The van der Waals surface area contributed by atoms with E-state index in [9.17, 15) is 18.4 Å². The largest absolute Gasteiger partial charge is 0.348 e. The number of carbonyl (C=O) groups excluding carboxylic acids is 2. The number of carbonyl (C=O) groups is 2. The van der Waals surface area contributed by atoms with Gasteiger partial charge < -0.3 is 10.6 Å². The van der Waals surface area contributed by atoms with Crippen LogP contribution in [0.1, 0.15) is 26.3 Å². The van der Waals surface area contributed by atoms with Crippen molar-refractivity contribution in [3.63, 3.8) is 0 Å². The quantitative estimate of drug-likeness (QED) is 0.524. The van der Waals surface area contributed by atoms with Crippen molar-refractivity contribution in [1.29, 1.82) is 0 Å². The Labute approximate surface area is 175 Å². The minimum absolute atomic E-state index is 0.0330. The third kappa shape index (κ3) is 5.31. The minimum Gasteiger partial charge on any atom is -0.348 e. The monoisotopic (exact) mass is 434 g/mol. The van der Waals surface area contributed by atoms with E-state index in [0.29, 0.717) is 16.8 Å². The molecule has 0 spiro atoms. The number of nitrogens with one attached hydrogen (secondary N) is 2. The number of benzene rings is 3. The molecule has 0 radical (unpaired) electrons. The summed E-state index contributed by atoms with van der Waals surface area (Å²) in [4.78, 5) is 24.5. The van der Waals surface area contributed by atoms with E-state index >= 15 is 0 Å². The van der Waals surface area contributed by atoms with Gasteiger partial charge in [-0.3, -0.25) is 9.59 Å². The Hall–Kier alpha value is -2.96. The molecule has 0 saturated carbocycles. The van der Waals surface area contributed by atoms with Gasteiger partial charge in [-0.05, 0) is 54.1 Å². The minimum atomic E-state index is -0.744.